The lowest BCUT2D eigenvalue weighted by atomic mass is 10.0. The van der Waals surface area contributed by atoms with Crippen molar-refractivity contribution in [2.24, 2.45) is 5.92 Å². The topological polar surface area (TPSA) is 107 Å². The molecule has 1 aliphatic heterocycles. The molecule has 9 heteroatoms. The smallest absolute Gasteiger partial charge is 0.269 e. The van der Waals surface area contributed by atoms with E-state index in [0.29, 0.717) is 25.7 Å². The number of ether oxygens (including phenoxy) is 1. The Balaban J connectivity index is 1.93. The molecule has 2 heterocycles. The number of nitrogens with one attached hydrogen (secondary N) is 1. The van der Waals surface area contributed by atoms with Crippen molar-refractivity contribution in [3.8, 4) is 0 Å². The van der Waals surface area contributed by atoms with Crippen molar-refractivity contribution < 1.29 is 13.2 Å². The predicted molar refractivity (Wildman–Crippen MR) is 63.1 cm³/mol. The van der Waals surface area contributed by atoms with Crippen LogP contribution in [0.15, 0.2) is 4.34 Å². The Morgan fingerprint density at radius 1 is 1.41 bits per heavy atom. The summed E-state index contributed by atoms with van der Waals surface area (Å²) in [4.78, 5) is 0. The Hall–Kier alpha value is -0.770. The molecule has 0 radical (unpaired) electrons. The summed E-state index contributed by atoms with van der Waals surface area (Å²) in [6.45, 7) is 1.79. The molecule has 0 spiro atoms. The van der Waals surface area contributed by atoms with Gasteiger partial charge in [0.2, 0.25) is 9.47 Å². The number of nitrogens with zero attached hydrogens (tertiary/aromatic N) is 2. The monoisotopic (exact) mass is 278 g/mol. The molecule has 17 heavy (non-hydrogen) atoms. The fourth-order valence-corrected chi connectivity index (χ4v) is 3.51. The molecule has 0 saturated carbocycles. The number of nitrogens with two attached hydrogens (primary N) is 1. The van der Waals surface area contributed by atoms with E-state index in [9.17, 15) is 8.42 Å². The molecule has 2 rings (SSSR count). The van der Waals surface area contributed by atoms with Crippen molar-refractivity contribution >= 4 is 26.5 Å². The molecule has 1 saturated heterocycles. The molecule has 3 N–H and O–H groups in total. The highest BCUT2D eigenvalue weighted by Crippen LogP contribution is 2.18. The van der Waals surface area contributed by atoms with Crippen LogP contribution in [-0.4, -0.2) is 38.4 Å². The van der Waals surface area contributed by atoms with Gasteiger partial charge in [-0.25, -0.2) is 13.1 Å². The average Bonchev–Trinajstić information content (AvgIpc) is 2.76. The Morgan fingerprint density at radius 3 is 2.71 bits per heavy atom. The van der Waals surface area contributed by atoms with Gasteiger partial charge in [-0.1, -0.05) is 11.3 Å². The van der Waals surface area contributed by atoms with Gasteiger partial charge >= 0.3 is 0 Å². The summed E-state index contributed by atoms with van der Waals surface area (Å²) in [6.07, 6.45) is 1.75. The van der Waals surface area contributed by atoms with Crippen LogP contribution >= 0.6 is 11.3 Å². The minimum Gasteiger partial charge on any atom is -0.381 e. The Labute approximate surface area is 103 Å². The molecule has 0 amide bonds. The molecular weight excluding hydrogens is 264 g/mol. The first-order chi connectivity index (χ1) is 8.08. The van der Waals surface area contributed by atoms with Gasteiger partial charge in [0.05, 0.1) is 0 Å². The van der Waals surface area contributed by atoms with Gasteiger partial charge in [0.15, 0.2) is 0 Å². The van der Waals surface area contributed by atoms with Crippen molar-refractivity contribution in [1.29, 1.82) is 0 Å². The standard InChI is InChI=1S/C8H14N4O3S2/c9-7-11-12-8(16-7)17(13,14)10-5-6-1-3-15-4-2-6/h6,10H,1-5H2,(H2,9,11). The van der Waals surface area contributed by atoms with Crippen LogP contribution in [0.2, 0.25) is 0 Å². The normalized spacial score (nSPS) is 18.4. The summed E-state index contributed by atoms with van der Waals surface area (Å²) < 4.78 is 31.2. The van der Waals surface area contributed by atoms with E-state index < -0.39 is 10.0 Å². The van der Waals surface area contributed by atoms with Crippen molar-refractivity contribution in [2.75, 3.05) is 25.5 Å². The van der Waals surface area contributed by atoms with E-state index in [-0.39, 0.29) is 9.47 Å². The summed E-state index contributed by atoms with van der Waals surface area (Å²) in [5.41, 5.74) is 5.35. The van der Waals surface area contributed by atoms with E-state index in [1.165, 1.54) is 0 Å². The zero-order valence-electron chi connectivity index (χ0n) is 9.13. The van der Waals surface area contributed by atoms with Gasteiger partial charge in [-0.05, 0) is 18.8 Å². The molecule has 0 unspecified atom stereocenters. The largest absolute Gasteiger partial charge is 0.381 e. The molecule has 0 atom stereocenters. The van der Waals surface area contributed by atoms with E-state index >= 15 is 0 Å². The SMILES string of the molecule is Nc1nnc(S(=O)(=O)NCC2CCOCC2)s1. The summed E-state index contributed by atoms with van der Waals surface area (Å²) in [7, 11) is -3.56. The van der Waals surface area contributed by atoms with Gasteiger partial charge in [0.25, 0.3) is 10.0 Å². The maximum Gasteiger partial charge on any atom is 0.269 e. The van der Waals surface area contributed by atoms with Gasteiger partial charge < -0.3 is 10.5 Å². The Morgan fingerprint density at radius 2 is 2.12 bits per heavy atom. The van der Waals surface area contributed by atoms with E-state index in [0.717, 1.165) is 24.2 Å². The van der Waals surface area contributed by atoms with Gasteiger partial charge in [-0.2, -0.15) is 0 Å². The number of rotatable bonds is 4. The first-order valence-electron chi connectivity index (χ1n) is 5.24. The minimum atomic E-state index is -3.56. The quantitative estimate of drug-likeness (QED) is 0.791. The second kappa shape index (κ2) is 5.25. The van der Waals surface area contributed by atoms with Crippen molar-refractivity contribution in [2.45, 2.75) is 17.2 Å². The van der Waals surface area contributed by atoms with Crippen LogP contribution in [0.1, 0.15) is 12.8 Å². The highest BCUT2D eigenvalue weighted by molar-refractivity contribution is 7.91. The van der Waals surface area contributed by atoms with Crippen LogP contribution in [0.25, 0.3) is 0 Å². The molecule has 0 bridgehead atoms. The zero-order valence-corrected chi connectivity index (χ0v) is 10.8. The molecule has 1 aromatic rings. The summed E-state index contributed by atoms with van der Waals surface area (Å²) in [6, 6.07) is 0. The first kappa shape index (κ1) is 12.7. The number of hydrogen-bond acceptors (Lipinski definition) is 7. The predicted octanol–water partition coefficient (Wildman–Crippen LogP) is -0.175. The molecule has 7 nitrogen and oxygen atoms in total. The zero-order chi connectivity index (χ0) is 12.3. The summed E-state index contributed by atoms with van der Waals surface area (Å²) in [5, 5.41) is 7.15. The van der Waals surface area contributed by atoms with Gasteiger partial charge in [-0.15, -0.1) is 10.2 Å². The molecule has 1 aliphatic rings. The number of hydrogen-bond donors (Lipinski definition) is 2. The van der Waals surface area contributed by atoms with Gasteiger partial charge in [-0.3, -0.25) is 0 Å². The third-order valence-electron chi connectivity index (χ3n) is 2.55. The fourth-order valence-electron chi connectivity index (χ4n) is 1.57. The van der Waals surface area contributed by atoms with Crippen LogP contribution < -0.4 is 10.5 Å². The average molecular weight is 278 g/mol. The van der Waals surface area contributed by atoms with Crippen molar-refractivity contribution in [1.82, 2.24) is 14.9 Å². The first-order valence-corrected chi connectivity index (χ1v) is 7.54. The highest BCUT2D eigenvalue weighted by atomic mass is 32.2. The van der Waals surface area contributed by atoms with E-state index in [4.69, 9.17) is 10.5 Å². The van der Waals surface area contributed by atoms with Crippen LogP contribution in [-0.2, 0) is 14.8 Å². The molecule has 1 aromatic heterocycles. The maximum atomic E-state index is 11.8. The van der Waals surface area contributed by atoms with Crippen LogP contribution in [0.4, 0.5) is 5.13 Å². The number of sulfonamides is 1. The number of aromatic nitrogens is 2. The third-order valence-corrected chi connectivity index (χ3v) is 5.10. The summed E-state index contributed by atoms with van der Waals surface area (Å²) >= 11 is 0.862. The number of anilines is 1. The van der Waals surface area contributed by atoms with Crippen molar-refractivity contribution in [3.05, 3.63) is 0 Å². The second-order valence-electron chi connectivity index (χ2n) is 3.81. The Kier molecular flexibility index (Phi) is 3.92. The molecule has 96 valence electrons. The lowest BCUT2D eigenvalue weighted by molar-refractivity contribution is 0.0678. The molecule has 1 fully saturated rings. The van der Waals surface area contributed by atoms with Gasteiger partial charge in [0, 0.05) is 19.8 Å². The number of nitrogen functional groups attached to an aromatic ring is 1. The lowest BCUT2D eigenvalue weighted by Crippen LogP contribution is -2.32. The lowest BCUT2D eigenvalue weighted by Gasteiger charge is -2.21. The van der Waals surface area contributed by atoms with E-state index in [1.807, 2.05) is 0 Å². The second-order valence-corrected chi connectivity index (χ2v) is 6.76. The maximum absolute atomic E-state index is 11.8. The van der Waals surface area contributed by atoms with E-state index in [1.54, 1.807) is 0 Å². The fraction of sp³-hybridized carbons (Fsp3) is 0.750. The van der Waals surface area contributed by atoms with Crippen LogP contribution in [0, 0.1) is 5.92 Å². The Bertz CT molecular complexity index is 467. The summed E-state index contributed by atoms with van der Waals surface area (Å²) in [5.74, 6) is 0.323. The van der Waals surface area contributed by atoms with E-state index in [2.05, 4.69) is 14.9 Å². The molecular formula is C8H14N4O3S2. The highest BCUT2D eigenvalue weighted by Gasteiger charge is 2.22. The molecule has 0 aliphatic carbocycles. The van der Waals surface area contributed by atoms with Crippen LogP contribution in [0.5, 0.6) is 0 Å². The van der Waals surface area contributed by atoms with Gasteiger partial charge in [0.1, 0.15) is 0 Å². The third kappa shape index (κ3) is 3.35. The van der Waals surface area contributed by atoms with Crippen LogP contribution in [0.3, 0.4) is 0 Å². The van der Waals surface area contributed by atoms with Crippen molar-refractivity contribution in [3.63, 3.8) is 0 Å². The minimum absolute atomic E-state index is 0.0814. The molecule has 0 aromatic carbocycles.